The number of hydrogen-bond donors (Lipinski definition) is 2. The number of hydrogen-bond acceptors (Lipinski definition) is 4. The highest BCUT2D eigenvalue weighted by Crippen LogP contribution is 2.19. The van der Waals surface area contributed by atoms with Gasteiger partial charge in [-0.15, -0.1) is 0 Å². The molecule has 2 N–H and O–H groups in total. The largest absolute Gasteiger partial charge is 0.390 e. The van der Waals surface area contributed by atoms with Crippen LogP contribution < -0.4 is 5.48 Å². The maximum Gasteiger partial charge on any atom is 0.0814 e. The lowest BCUT2D eigenvalue weighted by atomic mass is 10.3. The predicted molar refractivity (Wildman–Crippen MR) is 55.9 cm³/mol. The summed E-state index contributed by atoms with van der Waals surface area (Å²) in [5, 5.41) is 9.51. The van der Waals surface area contributed by atoms with Crippen LogP contribution in [-0.4, -0.2) is 49.4 Å². The minimum absolute atomic E-state index is 0.355. The second-order valence-electron chi connectivity index (χ2n) is 4.29. The zero-order valence-electron chi connectivity index (χ0n) is 9.20. The predicted octanol–water partition coefficient (Wildman–Crippen LogP) is 0.373. The lowest BCUT2D eigenvalue weighted by molar-refractivity contribution is -0.0390. The molecule has 0 aliphatic heterocycles. The number of aliphatic hydroxyl groups excluding tert-OH is 1. The van der Waals surface area contributed by atoms with Crippen LogP contribution >= 0.6 is 0 Å². The number of nitrogens with zero attached hydrogens (tertiary/aromatic N) is 1. The van der Waals surface area contributed by atoms with E-state index in [1.54, 1.807) is 0 Å². The van der Waals surface area contributed by atoms with Crippen LogP contribution in [0.3, 0.4) is 0 Å². The molecule has 0 spiro atoms. The summed E-state index contributed by atoms with van der Waals surface area (Å²) in [4.78, 5) is 7.39. The monoisotopic (exact) mass is 202 g/mol. The molecule has 0 radical (unpaired) electrons. The molecule has 1 aliphatic rings. The zero-order chi connectivity index (χ0) is 10.4. The molecule has 0 aromatic rings. The molecule has 0 bridgehead atoms. The van der Waals surface area contributed by atoms with Crippen molar-refractivity contribution in [3.8, 4) is 0 Å². The molecule has 0 saturated heterocycles. The van der Waals surface area contributed by atoms with Gasteiger partial charge in [0.1, 0.15) is 0 Å². The molecule has 0 aromatic heterocycles. The second-order valence-corrected chi connectivity index (χ2v) is 4.29. The van der Waals surface area contributed by atoms with Gasteiger partial charge in [-0.1, -0.05) is 12.8 Å². The highest BCUT2D eigenvalue weighted by Gasteiger charge is 2.15. The Morgan fingerprint density at radius 2 is 2.07 bits per heavy atom. The third-order valence-corrected chi connectivity index (χ3v) is 2.45. The Balaban J connectivity index is 1.96. The minimum Gasteiger partial charge on any atom is -0.390 e. The van der Waals surface area contributed by atoms with Crippen LogP contribution in [0.4, 0.5) is 0 Å². The third kappa shape index (κ3) is 4.91. The van der Waals surface area contributed by atoms with Gasteiger partial charge in [-0.2, -0.15) is 5.48 Å². The standard InChI is InChI=1S/C10H22N2O2/c1-12(2)8-9(13)7-11-14-10-5-3-4-6-10/h9-11,13H,3-8H2,1-2H3. The Hall–Kier alpha value is -0.160. The first-order chi connectivity index (χ1) is 6.68. The van der Waals surface area contributed by atoms with Crippen molar-refractivity contribution in [2.24, 2.45) is 0 Å². The van der Waals surface area contributed by atoms with Gasteiger partial charge in [-0.25, -0.2) is 0 Å². The van der Waals surface area contributed by atoms with Gasteiger partial charge in [-0.05, 0) is 26.9 Å². The average Bonchev–Trinajstić information content (AvgIpc) is 2.55. The van der Waals surface area contributed by atoms with E-state index in [1.165, 1.54) is 12.8 Å². The van der Waals surface area contributed by atoms with E-state index in [0.29, 0.717) is 19.2 Å². The SMILES string of the molecule is CN(C)CC(O)CNOC1CCCC1. The lowest BCUT2D eigenvalue weighted by Crippen LogP contribution is -2.36. The Bertz CT molecular complexity index is 147. The van der Waals surface area contributed by atoms with Crippen molar-refractivity contribution in [1.82, 2.24) is 10.4 Å². The van der Waals surface area contributed by atoms with Gasteiger partial charge in [-0.3, -0.25) is 4.84 Å². The minimum atomic E-state index is -0.355. The Labute approximate surface area is 86.2 Å². The fourth-order valence-electron chi connectivity index (χ4n) is 1.75. The molecule has 14 heavy (non-hydrogen) atoms. The molecule has 4 heteroatoms. The molecule has 0 amide bonds. The van der Waals surface area contributed by atoms with Gasteiger partial charge >= 0.3 is 0 Å². The van der Waals surface area contributed by atoms with E-state index in [9.17, 15) is 5.11 Å². The molecule has 1 fully saturated rings. The van der Waals surface area contributed by atoms with Crippen molar-refractivity contribution in [2.45, 2.75) is 37.9 Å². The summed E-state index contributed by atoms with van der Waals surface area (Å²) in [6, 6.07) is 0. The van der Waals surface area contributed by atoms with Gasteiger partial charge in [0.05, 0.1) is 12.2 Å². The summed E-state index contributed by atoms with van der Waals surface area (Å²) < 4.78 is 0. The van der Waals surface area contributed by atoms with Gasteiger partial charge < -0.3 is 10.0 Å². The molecule has 0 aromatic carbocycles. The van der Waals surface area contributed by atoms with Crippen molar-refractivity contribution < 1.29 is 9.94 Å². The fourth-order valence-corrected chi connectivity index (χ4v) is 1.75. The normalized spacial score (nSPS) is 20.6. The number of rotatable bonds is 6. The van der Waals surface area contributed by atoms with Gasteiger partial charge in [0, 0.05) is 13.1 Å². The topological polar surface area (TPSA) is 44.7 Å². The van der Waals surface area contributed by atoms with E-state index in [1.807, 2.05) is 19.0 Å². The summed E-state index contributed by atoms with van der Waals surface area (Å²) in [6.45, 7) is 1.18. The van der Waals surface area contributed by atoms with E-state index in [4.69, 9.17) is 4.84 Å². The van der Waals surface area contributed by atoms with Crippen LogP contribution in [0.1, 0.15) is 25.7 Å². The van der Waals surface area contributed by atoms with E-state index < -0.39 is 0 Å². The van der Waals surface area contributed by atoms with Gasteiger partial charge in [0.2, 0.25) is 0 Å². The summed E-state index contributed by atoms with van der Waals surface area (Å²) in [5.74, 6) is 0. The molecule has 84 valence electrons. The first kappa shape index (κ1) is 11.9. The Kier molecular flexibility index (Phi) is 5.40. The number of likely N-dealkylation sites (N-methyl/N-ethyl adjacent to an activating group) is 1. The molecule has 1 aliphatic carbocycles. The van der Waals surface area contributed by atoms with Crippen molar-refractivity contribution >= 4 is 0 Å². The average molecular weight is 202 g/mol. The molecule has 1 unspecified atom stereocenters. The van der Waals surface area contributed by atoms with E-state index in [0.717, 1.165) is 12.8 Å². The molecule has 0 heterocycles. The van der Waals surface area contributed by atoms with Crippen molar-refractivity contribution in [2.75, 3.05) is 27.2 Å². The van der Waals surface area contributed by atoms with Crippen LogP contribution in [0.2, 0.25) is 0 Å². The maximum absolute atomic E-state index is 9.51. The number of hydroxylamine groups is 1. The number of aliphatic hydroxyl groups is 1. The van der Waals surface area contributed by atoms with Crippen LogP contribution in [0.5, 0.6) is 0 Å². The first-order valence-corrected chi connectivity index (χ1v) is 5.40. The molecule has 4 nitrogen and oxygen atoms in total. The van der Waals surface area contributed by atoms with Crippen LogP contribution in [-0.2, 0) is 4.84 Å². The van der Waals surface area contributed by atoms with Crippen LogP contribution in [0.15, 0.2) is 0 Å². The molecule has 1 saturated carbocycles. The molecular weight excluding hydrogens is 180 g/mol. The first-order valence-electron chi connectivity index (χ1n) is 5.40. The Morgan fingerprint density at radius 1 is 1.43 bits per heavy atom. The maximum atomic E-state index is 9.51. The summed E-state index contributed by atoms with van der Waals surface area (Å²) in [7, 11) is 3.89. The molecule has 1 rings (SSSR count). The van der Waals surface area contributed by atoms with Gasteiger partial charge in [0.15, 0.2) is 0 Å². The number of nitrogens with one attached hydrogen (secondary N) is 1. The lowest BCUT2D eigenvalue weighted by Gasteiger charge is -2.17. The van der Waals surface area contributed by atoms with E-state index in [-0.39, 0.29) is 6.10 Å². The summed E-state index contributed by atoms with van der Waals surface area (Å²) in [6.07, 6.45) is 4.85. The highest BCUT2D eigenvalue weighted by molar-refractivity contribution is 4.66. The highest BCUT2D eigenvalue weighted by atomic mass is 16.7. The van der Waals surface area contributed by atoms with E-state index in [2.05, 4.69) is 5.48 Å². The third-order valence-electron chi connectivity index (χ3n) is 2.45. The van der Waals surface area contributed by atoms with Crippen molar-refractivity contribution in [1.29, 1.82) is 0 Å². The molecular formula is C10H22N2O2. The van der Waals surface area contributed by atoms with Gasteiger partial charge in [0.25, 0.3) is 0 Å². The van der Waals surface area contributed by atoms with Crippen LogP contribution in [0, 0.1) is 0 Å². The molecule has 1 atom stereocenters. The smallest absolute Gasteiger partial charge is 0.0814 e. The van der Waals surface area contributed by atoms with Crippen LogP contribution in [0.25, 0.3) is 0 Å². The van der Waals surface area contributed by atoms with E-state index >= 15 is 0 Å². The Morgan fingerprint density at radius 3 is 2.64 bits per heavy atom. The summed E-state index contributed by atoms with van der Waals surface area (Å²) >= 11 is 0. The summed E-state index contributed by atoms with van der Waals surface area (Å²) in [5.41, 5.74) is 2.86. The van der Waals surface area contributed by atoms with Crippen molar-refractivity contribution in [3.05, 3.63) is 0 Å². The fraction of sp³-hybridized carbons (Fsp3) is 1.00. The quantitative estimate of drug-likeness (QED) is 0.611. The van der Waals surface area contributed by atoms with Crippen molar-refractivity contribution in [3.63, 3.8) is 0 Å². The second kappa shape index (κ2) is 6.35. The zero-order valence-corrected chi connectivity index (χ0v) is 9.20.